The number of rotatable bonds is 7. The molecule has 35 heavy (non-hydrogen) atoms. The zero-order valence-electron chi connectivity index (χ0n) is 18.9. The summed E-state index contributed by atoms with van der Waals surface area (Å²) in [6, 6.07) is 21.4. The first-order valence-corrected chi connectivity index (χ1v) is 11.0. The molecule has 1 N–H and O–H groups in total. The van der Waals surface area contributed by atoms with E-state index >= 15 is 0 Å². The van der Waals surface area contributed by atoms with Crippen LogP contribution in [-0.4, -0.2) is 14.1 Å². The number of halogens is 3. The summed E-state index contributed by atoms with van der Waals surface area (Å²) in [4.78, 5) is 30.2. The molecule has 0 saturated heterocycles. The zero-order valence-corrected chi connectivity index (χ0v) is 18.9. The van der Waals surface area contributed by atoms with Gasteiger partial charge in [0, 0.05) is 12.2 Å². The smallest absolute Gasteiger partial charge is 0.325 e. The molecule has 0 unspecified atom stereocenters. The van der Waals surface area contributed by atoms with Gasteiger partial charge in [0.25, 0.3) is 0 Å². The molecule has 6 nitrogen and oxygen atoms in total. The molecule has 0 atom stereocenters. The summed E-state index contributed by atoms with van der Waals surface area (Å²) in [5.74, 6) is -0.129. The fraction of sp³-hybridized carbons (Fsp3) is 0.192. The van der Waals surface area contributed by atoms with Crippen LogP contribution in [0.1, 0.15) is 22.3 Å². The van der Waals surface area contributed by atoms with Crippen molar-refractivity contribution in [1.29, 1.82) is 0 Å². The van der Waals surface area contributed by atoms with E-state index in [9.17, 15) is 22.8 Å². The van der Waals surface area contributed by atoms with Crippen LogP contribution in [0.3, 0.4) is 0 Å². The Morgan fingerprint density at radius 3 is 2.26 bits per heavy atom. The number of alkyl halides is 3. The summed E-state index contributed by atoms with van der Waals surface area (Å²) >= 11 is 0. The number of aromatic nitrogens is 3. The third-order valence-corrected chi connectivity index (χ3v) is 5.52. The summed E-state index contributed by atoms with van der Waals surface area (Å²) in [6.07, 6.45) is -4.09. The van der Waals surface area contributed by atoms with Gasteiger partial charge < -0.3 is 5.32 Å². The molecule has 0 aliphatic rings. The van der Waals surface area contributed by atoms with Crippen LogP contribution in [0, 0.1) is 6.92 Å². The van der Waals surface area contributed by atoms with Gasteiger partial charge in [-0.05, 0) is 42.7 Å². The highest BCUT2D eigenvalue weighted by molar-refractivity contribution is 5.55. The Balaban J connectivity index is 1.74. The number of nitrogens with zero attached hydrogens (tertiary/aromatic N) is 3. The highest BCUT2D eigenvalue weighted by atomic mass is 19.4. The molecule has 1 aromatic heterocycles. The van der Waals surface area contributed by atoms with E-state index in [0.29, 0.717) is 6.42 Å². The highest BCUT2D eigenvalue weighted by Crippen LogP contribution is 2.31. The Hall–Kier alpha value is -4.14. The Kier molecular flexibility index (Phi) is 6.86. The molecule has 0 radical (unpaired) electrons. The van der Waals surface area contributed by atoms with Gasteiger partial charge in [-0.25, -0.2) is 14.2 Å². The summed E-state index contributed by atoms with van der Waals surface area (Å²) in [5, 5.41) is 2.74. The molecule has 0 saturated carbocycles. The second kappa shape index (κ2) is 10.0. The normalized spacial score (nSPS) is 11.4. The van der Waals surface area contributed by atoms with Crippen LogP contribution in [0.25, 0.3) is 0 Å². The average Bonchev–Trinajstić information content (AvgIpc) is 2.83. The highest BCUT2D eigenvalue weighted by Gasteiger charge is 2.30. The van der Waals surface area contributed by atoms with E-state index in [-0.39, 0.29) is 24.7 Å². The quantitative estimate of drug-likeness (QED) is 0.414. The van der Waals surface area contributed by atoms with Crippen LogP contribution in [0.15, 0.2) is 88.5 Å². The lowest BCUT2D eigenvalue weighted by atomic mass is 10.1. The molecule has 0 aliphatic heterocycles. The van der Waals surface area contributed by atoms with E-state index in [1.54, 1.807) is 0 Å². The van der Waals surface area contributed by atoms with Gasteiger partial charge >= 0.3 is 17.6 Å². The molecule has 0 aliphatic carbocycles. The molecule has 0 fully saturated rings. The molecule has 3 aromatic carbocycles. The first-order valence-electron chi connectivity index (χ1n) is 11.0. The van der Waals surface area contributed by atoms with Crippen molar-refractivity contribution in [2.45, 2.75) is 32.6 Å². The van der Waals surface area contributed by atoms with E-state index in [2.05, 4.69) is 10.3 Å². The average molecular weight is 480 g/mol. The summed E-state index contributed by atoms with van der Waals surface area (Å²) in [7, 11) is 0. The van der Waals surface area contributed by atoms with Gasteiger partial charge in [0.15, 0.2) is 0 Å². The van der Waals surface area contributed by atoms with Crippen molar-refractivity contribution in [3.05, 3.63) is 122 Å². The minimum Gasteiger partial charge on any atom is -0.325 e. The van der Waals surface area contributed by atoms with E-state index in [4.69, 9.17) is 0 Å². The Labute approximate surface area is 199 Å². The van der Waals surface area contributed by atoms with Crippen LogP contribution in [0.4, 0.5) is 24.8 Å². The van der Waals surface area contributed by atoms with Crippen molar-refractivity contribution < 1.29 is 13.2 Å². The number of hydrogen-bond acceptors (Lipinski definition) is 4. The maximum atomic E-state index is 13.4. The molecular formula is C26H23F3N4O2. The van der Waals surface area contributed by atoms with Gasteiger partial charge in [-0.3, -0.25) is 4.57 Å². The van der Waals surface area contributed by atoms with E-state index in [1.165, 1.54) is 16.7 Å². The van der Waals surface area contributed by atoms with Crippen molar-refractivity contribution in [3.63, 3.8) is 0 Å². The van der Waals surface area contributed by atoms with Crippen molar-refractivity contribution in [1.82, 2.24) is 14.1 Å². The maximum absolute atomic E-state index is 13.4. The molecule has 4 rings (SSSR count). The zero-order chi connectivity index (χ0) is 25.0. The number of nitrogens with one attached hydrogen (secondary N) is 1. The van der Waals surface area contributed by atoms with E-state index in [1.807, 2.05) is 61.5 Å². The minimum absolute atomic E-state index is 0.0609. The molecule has 1 heterocycles. The van der Waals surface area contributed by atoms with Crippen LogP contribution in [0.2, 0.25) is 0 Å². The predicted octanol–water partition coefficient (Wildman–Crippen LogP) is 4.77. The van der Waals surface area contributed by atoms with Gasteiger partial charge in [0.2, 0.25) is 5.95 Å². The fourth-order valence-corrected chi connectivity index (χ4v) is 3.62. The number of hydrogen-bond donors (Lipinski definition) is 1. The van der Waals surface area contributed by atoms with Gasteiger partial charge in [-0.2, -0.15) is 18.2 Å². The standard InChI is InChI=1S/C26H23F3N4O2/c1-18-10-12-20(13-11-18)17-33-23(30-22-9-5-8-21(16-22)26(27,28)29)31-24(34)32(25(33)35)15-14-19-6-3-2-4-7-19/h2-13,16H,14-15,17H2,1H3,(H,30,31,34). The van der Waals surface area contributed by atoms with Crippen LogP contribution < -0.4 is 16.7 Å². The maximum Gasteiger partial charge on any atom is 0.416 e. The first-order chi connectivity index (χ1) is 16.7. The van der Waals surface area contributed by atoms with Crippen molar-refractivity contribution >= 4 is 11.6 Å². The summed E-state index contributed by atoms with van der Waals surface area (Å²) < 4.78 is 41.8. The van der Waals surface area contributed by atoms with Crippen LogP contribution in [-0.2, 0) is 25.7 Å². The SMILES string of the molecule is Cc1ccc(Cn2c(Nc3cccc(C(F)(F)F)c3)nc(=O)n(CCc3ccccc3)c2=O)cc1. The molecule has 0 spiro atoms. The Morgan fingerprint density at radius 1 is 0.857 bits per heavy atom. The lowest BCUT2D eigenvalue weighted by molar-refractivity contribution is -0.137. The van der Waals surface area contributed by atoms with Crippen molar-refractivity contribution in [3.8, 4) is 0 Å². The molecule has 9 heteroatoms. The predicted molar refractivity (Wildman–Crippen MR) is 128 cm³/mol. The van der Waals surface area contributed by atoms with E-state index in [0.717, 1.165) is 33.4 Å². The fourth-order valence-electron chi connectivity index (χ4n) is 3.62. The molecule has 0 amide bonds. The molecule has 4 aromatic rings. The Morgan fingerprint density at radius 2 is 1.57 bits per heavy atom. The monoisotopic (exact) mass is 480 g/mol. The lowest BCUT2D eigenvalue weighted by Gasteiger charge is -2.16. The minimum atomic E-state index is -4.53. The van der Waals surface area contributed by atoms with Crippen LogP contribution in [0.5, 0.6) is 0 Å². The van der Waals surface area contributed by atoms with Crippen molar-refractivity contribution in [2.24, 2.45) is 0 Å². The number of anilines is 2. The molecular weight excluding hydrogens is 457 g/mol. The third kappa shape index (κ3) is 5.87. The van der Waals surface area contributed by atoms with Gasteiger partial charge in [-0.15, -0.1) is 0 Å². The molecule has 180 valence electrons. The number of aryl methyl sites for hydroxylation is 2. The van der Waals surface area contributed by atoms with E-state index < -0.39 is 23.1 Å². The number of benzene rings is 3. The largest absolute Gasteiger partial charge is 0.416 e. The summed E-state index contributed by atoms with van der Waals surface area (Å²) in [5.41, 5.74) is 0.595. The second-order valence-electron chi connectivity index (χ2n) is 8.16. The Bertz CT molecular complexity index is 1430. The van der Waals surface area contributed by atoms with Gasteiger partial charge in [0.05, 0.1) is 12.1 Å². The molecule has 0 bridgehead atoms. The third-order valence-electron chi connectivity index (χ3n) is 5.52. The lowest BCUT2D eigenvalue weighted by Crippen LogP contribution is -2.43. The second-order valence-corrected chi connectivity index (χ2v) is 8.16. The van der Waals surface area contributed by atoms with Gasteiger partial charge in [0.1, 0.15) is 0 Å². The first kappa shape index (κ1) is 24.0. The summed E-state index contributed by atoms with van der Waals surface area (Å²) in [6.45, 7) is 2.13. The topological polar surface area (TPSA) is 68.9 Å². The van der Waals surface area contributed by atoms with Gasteiger partial charge in [-0.1, -0.05) is 66.2 Å². The van der Waals surface area contributed by atoms with Crippen LogP contribution >= 0.6 is 0 Å². The van der Waals surface area contributed by atoms with Crippen molar-refractivity contribution in [2.75, 3.05) is 5.32 Å².